The number of furan rings is 1. The Balaban J connectivity index is 1.80. The van der Waals surface area contributed by atoms with Crippen molar-refractivity contribution in [1.29, 1.82) is 0 Å². The van der Waals surface area contributed by atoms with Crippen molar-refractivity contribution >= 4 is 22.8 Å². The highest BCUT2D eigenvalue weighted by atomic mass is 19.1. The molecule has 1 N–H and O–H groups in total. The van der Waals surface area contributed by atoms with Gasteiger partial charge in [0.2, 0.25) is 0 Å². The standard InChI is InChI=1S/C18H18FN3O2/c1-22(2)10-9-13-11-24-15-7-8-16(20-17(13)15)21-18(23)12-3-5-14(19)6-4-12/h3-8,11H,9-10H2,1-2H3,(H,20,21,23). The Bertz CT molecular complexity index is 856. The Hall–Kier alpha value is -2.73. The zero-order chi connectivity index (χ0) is 17.1. The molecule has 0 atom stereocenters. The predicted octanol–water partition coefficient (Wildman–Crippen LogP) is 3.32. The Labute approximate surface area is 139 Å². The number of benzene rings is 1. The van der Waals surface area contributed by atoms with Gasteiger partial charge in [-0.2, -0.15) is 0 Å². The van der Waals surface area contributed by atoms with E-state index in [1.54, 1.807) is 18.4 Å². The van der Waals surface area contributed by atoms with Crippen molar-refractivity contribution in [2.45, 2.75) is 6.42 Å². The zero-order valence-electron chi connectivity index (χ0n) is 13.5. The molecule has 0 saturated heterocycles. The Morgan fingerprint density at radius 2 is 1.96 bits per heavy atom. The van der Waals surface area contributed by atoms with Crippen molar-refractivity contribution < 1.29 is 13.6 Å². The SMILES string of the molecule is CN(C)CCc1coc2ccc(NC(=O)c3ccc(F)cc3)nc12. The summed E-state index contributed by atoms with van der Waals surface area (Å²) in [6.07, 6.45) is 2.51. The van der Waals surface area contributed by atoms with Gasteiger partial charge in [0.15, 0.2) is 5.58 Å². The van der Waals surface area contributed by atoms with Crippen LogP contribution in [0.25, 0.3) is 11.1 Å². The second-order valence-electron chi connectivity index (χ2n) is 5.82. The number of likely N-dealkylation sites (N-methyl/N-ethyl adjacent to an activating group) is 1. The van der Waals surface area contributed by atoms with Crippen LogP contribution in [0.4, 0.5) is 10.2 Å². The minimum absolute atomic E-state index is 0.333. The van der Waals surface area contributed by atoms with Crippen LogP contribution < -0.4 is 5.32 Å². The van der Waals surface area contributed by atoms with Crippen molar-refractivity contribution in [1.82, 2.24) is 9.88 Å². The molecule has 6 heteroatoms. The van der Waals surface area contributed by atoms with E-state index in [9.17, 15) is 9.18 Å². The molecule has 2 heterocycles. The van der Waals surface area contributed by atoms with E-state index in [-0.39, 0.29) is 11.7 Å². The van der Waals surface area contributed by atoms with E-state index < -0.39 is 0 Å². The second-order valence-corrected chi connectivity index (χ2v) is 5.82. The number of hydrogen-bond donors (Lipinski definition) is 1. The first-order valence-electron chi connectivity index (χ1n) is 7.62. The van der Waals surface area contributed by atoms with Crippen LogP contribution in [0.15, 0.2) is 47.1 Å². The van der Waals surface area contributed by atoms with Crippen molar-refractivity contribution in [2.75, 3.05) is 26.0 Å². The quantitative estimate of drug-likeness (QED) is 0.781. The number of pyridine rings is 1. The van der Waals surface area contributed by atoms with Crippen LogP contribution in [-0.2, 0) is 6.42 Å². The van der Waals surface area contributed by atoms with Crippen molar-refractivity contribution in [3.05, 3.63) is 59.6 Å². The molecule has 5 nitrogen and oxygen atoms in total. The van der Waals surface area contributed by atoms with Crippen LogP contribution in [-0.4, -0.2) is 36.4 Å². The van der Waals surface area contributed by atoms with E-state index in [0.29, 0.717) is 17.0 Å². The molecule has 24 heavy (non-hydrogen) atoms. The molecule has 0 saturated carbocycles. The number of nitrogens with one attached hydrogen (secondary N) is 1. The monoisotopic (exact) mass is 327 g/mol. The van der Waals surface area contributed by atoms with Gasteiger partial charge in [-0.15, -0.1) is 0 Å². The minimum Gasteiger partial charge on any atom is -0.462 e. The van der Waals surface area contributed by atoms with Crippen LogP contribution in [0, 0.1) is 5.82 Å². The lowest BCUT2D eigenvalue weighted by Crippen LogP contribution is -2.15. The molecular formula is C18H18FN3O2. The second kappa shape index (κ2) is 6.80. The number of rotatable bonds is 5. The largest absolute Gasteiger partial charge is 0.462 e. The number of anilines is 1. The molecule has 1 aromatic carbocycles. The molecule has 0 fully saturated rings. The molecule has 0 aliphatic heterocycles. The lowest BCUT2D eigenvalue weighted by Gasteiger charge is -2.08. The van der Waals surface area contributed by atoms with Gasteiger partial charge in [-0.25, -0.2) is 9.37 Å². The number of hydrogen-bond acceptors (Lipinski definition) is 4. The molecule has 124 valence electrons. The van der Waals surface area contributed by atoms with Gasteiger partial charge in [-0.1, -0.05) is 0 Å². The summed E-state index contributed by atoms with van der Waals surface area (Å²) in [4.78, 5) is 18.8. The summed E-state index contributed by atoms with van der Waals surface area (Å²) in [5, 5.41) is 2.73. The summed E-state index contributed by atoms with van der Waals surface area (Å²) >= 11 is 0. The van der Waals surface area contributed by atoms with Gasteiger partial charge in [-0.3, -0.25) is 4.79 Å². The molecule has 3 rings (SSSR count). The number of amides is 1. The minimum atomic E-state index is -0.380. The fourth-order valence-electron chi connectivity index (χ4n) is 2.34. The fraction of sp³-hybridized carbons (Fsp3) is 0.222. The van der Waals surface area contributed by atoms with Gasteiger partial charge in [0.1, 0.15) is 17.2 Å². The third-order valence-corrected chi connectivity index (χ3v) is 3.67. The summed E-state index contributed by atoms with van der Waals surface area (Å²) in [5.41, 5.74) is 2.80. The number of carbonyl (C=O) groups is 1. The summed E-state index contributed by atoms with van der Waals surface area (Å²) in [5.74, 6) is -0.278. The number of carbonyl (C=O) groups excluding carboxylic acids is 1. The molecule has 1 amide bonds. The molecule has 3 aromatic rings. The van der Waals surface area contributed by atoms with Gasteiger partial charge in [0, 0.05) is 17.7 Å². The first-order chi connectivity index (χ1) is 11.5. The molecule has 0 unspecified atom stereocenters. The Morgan fingerprint density at radius 1 is 1.21 bits per heavy atom. The maximum absolute atomic E-state index is 12.9. The fourth-order valence-corrected chi connectivity index (χ4v) is 2.34. The highest BCUT2D eigenvalue weighted by molar-refractivity contribution is 6.04. The van der Waals surface area contributed by atoms with Gasteiger partial charge < -0.3 is 14.6 Å². The van der Waals surface area contributed by atoms with Crippen LogP contribution >= 0.6 is 0 Å². The van der Waals surface area contributed by atoms with Gasteiger partial charge in [0.25, 0.3) is 5.91 Å². The predicted molar refractivity (Wildman–Crippen MR) is 90.6 cm³/mol. The highest BCUT2D eigenvalue weighted by Gasteiger charge is 2.11. The lowest BCUT2D eigenvalue weighted by molar-refractivity contribution is 0.102. The van der Waals surface area contributed by atoms with Crippen LogP contribution in [0.3, 0.4) is 0 Å². The third-order valence-electron chi connectivity index (χ3n) is 3.67. The van der Waals surface area contributed by atoms with E-state index >= 15 is 0 Å². The van der Waals surface area contributed by atoms with Crippen molar-refractivity contribution in [3.8, 4) is 0 Å². The van der Waals surface area contributed by atoms with Gasteiger partial charge >= 0.3 is 0 Å². The average Bonchev–Trinajstić information content (AvgIpc) is 2.96. The van der Waals surface area contributed by atoms with E-state index in [1.165, 1.54) is 24.3 Å². The normalized spacial score (nSPS) is 11.2. The Kier molecular flexibility index (Phi) is 4.57. The van der Waals surface area contributed by atoms with Crippen molar-refractivity contribution in [3.63, 3.8) is 0 Å². The summed E-state index contributed by atoms with van der Waals surface area (Å²) in [6.45, 7) is 0.877. The van der Waals surface area contributed by atoms with Crippen LogP contribution in [0.2, 0.25) is 0 Å². The Morgan fingerprint density at radius 3 is 2.67 bits per heavy atom. The smallest absolute Gasteiger partial charge is 0.256 e. The maximum atomic E-state index is 12.9. The van der Waals surface area contributed by atoms with Gasteiger partial charge in [-0.05, 0) is 56.9 Å². The number of nitrogens with zero attached hydrogens (tertiary/aromatic N) is 2. The average molecular weight is 327 g/mol. The lowest BCUT2D eigenvalue weighted by atomic mass is 10.2. The van der Waals surface area contributed by atoms with E-state index in [1.807, 2.05) is 14.1 Å². The highest BCUT2D eigenvalue weighted by Crippen LogP contribution is 2.22. The molecule has 0 radical (unpaired) electrons. The van der Waals surface area contributed by atoms with E-state index in [0.717, 1.165) is 24.0 Å². The summed E-state index contributed by atoms with van der Waals surface area (Å²) < 4.78 is 18.4. The molecule has 0 aliphatic carbocycles. The first kappa shape index (κ1) is 16.1. The summed E-state index contributed by atoms with van der Waals surface area (Å²) in [6, 6.07) is 8.83. The maximum Gasteiger partial charge on any atom is 0.256 e. The van der Waals surface area contributed by atoms with Crippen molar-refractivity contribution in [2.24, 2.45) is 0 Å². The first-order valence-corrected chi connectivity index (χ1v) is 7.62. The van der Waals surface area contributed by atoms with E-state index in [2.05, 4.69) is 15.2 Å². The molecular weight excluding hydrogens is 309 g/mol. The number of fused-ring (bicyclic) bond motifs is 1. The topological polar surface area (TPSA) is 58.4 Å². The van der Waals surface area contributed by atoms with E-state index in [4.69, 9.17) is 4.42 Å². The van der Waals surface area contributed by atoms with Gasteiger partial charge in [0.05, 0.1) is 6.26 Å². The number of aromatic nitrogens is 1. The molecule has 0 bridgehead atoms. The molecule has 0 aliphatic rings. The van der Waals surface area contributed by atoms with Crippen LogP contribution in [0.1, 0.15) is 15.9 Å². The molecule has 0 spiro atoms. The third kappa shape index (κ3) is 3.60. The summed E-state index contributed by atoms with van der Waals surface area (Å²) in [7, 11) is 4.01. The van der Waals surface area contributed by atoms with Crippen LogP contribution in [0.5, 0.6) is 0 Å². The molecule has 2 aromatic heterocycles. The zero-order valence-corrected chi connectivity index (χ0v) is 13.5. The number of halogens is 1.